The standard InChI is InChI=1S/C8H9N3O2/c12-7(13)6-3-4-9-8(11-6)10-5-1-2-5/h3-5H,1-2H2,(H,12,13)(H,9,10,11). The average molecular weight is 179 g/mol. The van der Waals surface area contributed by atoms with Crippen LogP contribution in [-0.4, -0.2) is 27.1 Å². The molecule has 0 unspecified atom stereocenters. The molecule has 0 aromatic carbocycles. The second-order valence-electron chi connectivity index (χ2n) is 2.99. The Morgan fingerprint density at radius 3 is 3.00 bits per heavy atom. The highest BCUT2D eigenvalue weighted by Gasteiger charge is 2.22. The van der Waals surface area contributed by atoms with Gasteiger partial charge in [0.05, 0.1) is 0 Å². The summed E-state index contributed by atoms with van der Waals surface area (Å²) in [6, 6.07) is 1.81. The zero-order valence-electron chi connectivity index (χ0n) is 6.90. The van der Waals surface area contributed by atoms with E-state index in [2.05, 4.69) is 15.3 Å². The Morgan fingerprint density at radius 2 is 2.38 bits per heavy atom. The van der Waals surface area contributed by atoms with Gasteiger partial charge in [-0.15, -0.1) is 0 Å². The molecule has 68 valence electrons. The molecule has 2 rings (SSSR count). The highest BCUT2D eigenvalue weighted by molar-refractivity contribution is 5.85. The fourth-order valence-corrected chi connectivity index (χ4v) is 0.958. The number of nitrogens with zero attached hydrogens (tertiary/aromatic N) is 2. The van der Waals surface area contributed by atoms with Gasteiger partial charge < -0.3 is 10.4 Å². The maximum atomic E-state index is 10.5. The smallest absolute Gasteiger partial charge is 0.354 e. The predicted molar refractivity (Wildman–Crippen MR) is 45.6 cm³/mol. The van der Waals surface area contributed by atoms with Crippen molar-refractivity contribution in [1.29, 1.82) is 0 Å². The molecule has 1 aliphatic rings. The van der Waals surface area contributed by atoms with E-state index in [1.165, 1.54) is 12.3 Å². The largest absolute Gasteiger partial charge is 0.477 e. The SMILES string of the molecule is O=C(O)c1ccnc(NC2CC2)n1. The van der Waals surface area contributed by atoms with Crippen molar-refractivity contribution in [1.82, 2.24) is 9.97 Å². The minimum atomic E-state index is -1.03. The zero-order chi connectivity index (χ0) is 9.26. The van der Waals surface area contributed by atoms with E-state index in [1.54, 1.807) is 0 Å². The van der Waals surface area contributed by atoms with Gasteiger partial charge in [0.25, 0.3) is 0 Å². The molecule has 5 heteroatoms. The van der Waals surface area contributed by atoms with Crippen LogP contribution in [0.1, 0.15) is 23.3 Å². The van der Waals surface area contributed by atoms with Crippen molar-refractivity contribution in [3.05, 3.63) is 18.0 Å². The third-order valence-corrected chi connectivity index (χ3v) is 1.79. The molecule has 0 spiro atoms. The highest BCUT2D eigenvalue weighted by atomic mass is 16.4. The van der Waals surface area contributed by atoms with Gasteiger partial charge in [0.2, 0.25) is 5.95 Å². The van der Waals surface area contributed by atoms with Crippen molar-refractivity contribution < 1.29 is 9.90 Å². The first kappa shape index (κ1) is 7.97. The number of rotatable bonds is 3. The predicted octanol–water partition coefficient (Wildman–Crippen LogP) is 0.749. The second-order valence-corrected chi connectivity index (χ2v) is 2.99. The van der Waals surface area contributed by atoms with Gasteiger partial charge in [-0.2, -0.15) is 0 Å². The third kappa shape index (κ3) is 1.93. The van der Waals surface area contributed by atoms with E-state index in [4.69, 9.17) is 5.11 Å². The number of carbonyl (C=O) groups is 1. The van der Waals surface area contributed by atoms with Crippen LogP contribution in [0.5, 0.6) is 0 Å². The number of aromatic carboxylic acids is 1. The number of aromatic nitrogens is 2. The topological polar surface area (TPSA) is 75.1 Å². The summed E-state index contributed by atoms with van der Waals surface area (Å²) >= 11 is 0. The third-order valence-electron chi connectivity index (χ3n) is 1.79. The summed E-state index contributed by atoms with van der Waals surface area (Å²) in [6.45, 7) is 0. The molecule has 1 heterocycles. The Labute approximate surface area is 74.8 Å². The summed E-state index contributed by atoms with van der Waals surface area (Å²) in [5, 5.41) is 11.7. The van der Waals surface area contributed by atoms with Gasteiger partial charge in [0, 0.05) is 12.2 Å². The minimum Gasteiger partial charge on any atom is -0.477 e. The molecule has 1 saturated carbocycles. The molecule has 0 bridgehead atoms. The van der Waals surface area contributed by atoms with E-state index in [-0.39, 0.29) is 5.69 Å². The summed E-state index contributed by atoms with van der Waals surface area (Å²) in [4.78, 5) is 18.3. The van der Waals surface area contributed by atoms with E-state index in [1.807, 2.05) is 0 Å². The maximum absolute atomic E-state index is 10.5. The minimum absolute atomic E-state index is 0.0261. The Bertz CT molecular complexity index is 336. The summed E-state index contributed by atoms with van der Waals surface area (Å²) in [5.74, 6) is -0.622. The lowest BCUT2D eigenvalue weighted by Gasteiger charge is -2.01. The van der Waals surface area contributed by atoms with Crippen LogP contribution in [0.25, 0.3) is 0 Å². The van der Waals surface area contributed by atoms with Crippen molar-refractivity contribution in [3.63, 3.8) is 0 Å². The molecule has 13 heavy (non-hydrogen) atoms. The van der Waals surface area contributed by atoms with Crippen molar-refractivity contribution in [2.24, 2.45) is 0 Å². The number of hydrogen-bond donors (Lipinski definition) is 2. The van der Waals surface area contributed by atoms with Gasteiger partial charge in [0.1, 0.15) is 0 Å². The molecule has 5 nitrogen and oxygen atoms in total. The average Bonchev–Trinajstić information content (AvgIpc) is 2.89. The lowest BCUT2D eigenvalue weighted by molar-refractivity contribution is 0.0690. The number of carboxylic acid groups (broad SMARTS) is 1. The maximum Gasteiger partial charge on any atom is 0.354 e. The molecule has 0 aliphatic heterocycles. The summed E-state index contributed by atoms with van der Waals surface area (Å²) in [5.41, 5.74) is 0.0261. The number of carboxylic acids is 1. The van der Waals surface area contributed by atoms with E-state index in [0.29, 0.717) is 12.0 Å². The van der Waals surface area contributed by atoms with Gasteiger partial charge in [-0.3, -0.25) is 0 Å². The van der Waals surface area contributed by atoms with Gasteiger partial charge in [-0.05, 0) is 18.9 Å². The summed E-state index contributed by atoms with van der Waals surface area (Å²) < 4.78 is 0. The molecule has 0 atom stereocenters. The Balaban J connectivity index is 2.15. The number of anilines is 1. The van der Waals surface area contributed by atoms with Crippen LogP contribution in [0.15, 0.2) is 12.3 Å². The first-order valence-corrected chi connectivity index (χ1v) is 4.08. The fraction of sp³-hybridized carbons (Fsp3) is 0.375. The first-order chi connectivity index (χ1) is 6.25. The Kier molecular flexibility index (Phi) is 1.84. The van der Waals surface area contributed by atoms with E-state index in [9.17, 15) is 4.79 Å². The van der Waals surface area contributed by atoms with Crippen molar-refractivity contribution in [2.45, 2.75) is 18.9 Å². The van der Waals surface area contributed by atoms with Crippen molar-refractivity contribution in [2.75, 3.05) is 5.32 Å². The van der Waals surface area contributed by atoms with E-state index in [0.717, 1.165) is 12.8 Å². The molecule has 2 N–H and O–H groups in total. The monoisotopic (exact) mass is 179 g/mol. The van der Waals surface area contributed by atoms with Crippen LogP contribution < -0.4 is 5.32 Å². The van der Waals surface area contributed by atoms with E-state index < -0.39 is 5.97 Å². The first-order valence-electron chi connectivity index (χ1n) is 4.08. The second kappa shape index (κ2) is 3.01. The van der Waals surface area contributed by atoms with Gasteiger partial charge >= 0.3 is 5.97 Å². The van der Waals surface area contributed by atoms with Crippen molar-refractivity contribution in [3.8, 4) is 0 Å². The molecular formula is C8H9N3O2. The number of nitrogens with one attached hydrogen (secondary N) is 1. The lowest BCUT2D eigenvalue weighted by Crippen LogP contribution is -2.08. The van der Waals surface area contributed by atoms with Crippen LogP contribution in [0.4, 0.5) is 5.95 Å². The van der Waals surface area contributed by atoms with Crippen LogP contribution in [0, 0.1) is 0 Å². The number of hydrogen-bond acceptors (Lipinski definition) is 4. The summed E-state index contributed by atoms with van der Waals surface area (Å²) in [7, 11) is 0. The molecular weight excluding hydrogens is 170 g/mol. The van der Waals surface area contributed by atoms with Crippen LogP contribution >= 0.6 is 0 Å². The van der Waals surface area contributed by atoms with Gasteiger partial charge in [0.15, 0.2) is 5.69 Å². The van der Waals surface area contributed by atoms with E-state index >= 15 is 0 Å². The molecule has 0 saturated heterocycles. The molecule has 1 fully saturated rings. The Morgan fingerprint density at radius 1 is 1.62 bits per heavy atom. The van der Waals surface area contributed by atoms with Crippen molar-refractivity contribution >= 4 is 11.9 Å². The molecule has 1 aromatic heterocycles. The molecule has 0 radical (unpaired) electrons. The van der Waals surface area contributed by atoms with Crippen LogP contribution in [0.2, 0.25) is 0 Å². The highest BCUT2D eigenvalue weighted by Crippen LogP contribution is 2.22. The summed E-state index contributed by atoms with van der Waals surface area (Å²) in [6.07, 6.45) is 3.67. The van der Waals surface area contributed by atoms with Crippen LogP contribution in [0.3, 0.4) is 0 Å². The zero-order valence-corrected chi connectivity index (χ0v) is 6.90. The van der Waals surface area contributed by atoms with Crippen LogP contribution in [-0.2, 0) is 0 Å². The fourth-order valence-electron chi connectivity index (χ4n) is 0.958. The quantitative estimate of drug-likeness (QED) is 0.716. The molecule has 1 aliphatic carbocycles. The Hall–Kier alpha value is -1.65. The molecule has 0 amide bonds. The lowest BCUT2D eigenvalue weighted by atomic mass is 10.4. The van der Waals surface area contributed by atoms with Gasteiger partial charge in [-0.25, -0.2) is 14.8 Å². The normalized spacial score (nSPS) is 15.4. The molecule has 1 aromatic rings. The van der Waals surface area contributed by atoms with Gasteiger partial charge in [-0.1, -0.05) is 0 Å².